The predicted octanol–water partition coefficient (Wildman–Crippen LogP) is 1.32. The normalized spacial score (nSPS) is 21.8. The fourth-order valence-corrected chi connectivity index (χ4v) is 2.07. The Kier molecular flexibility index (Phi) is 5.52. The minimum absolute atomic E-state index is 0.121. The SMILES string of the molecule is CCC(CC)(CCl)NC(=O)C1COCCO1. The van der Waals surface area contributed by atoms with Crippen LogP contribution in [0.5, 0.6) is 0 Å². The third-order valence-corrected chi connectivity index (χ3v) is 3.62. The zero-order chi connectivity index (χ0) is 12.0. The molecule has 0 aromatic heterocycles. The lowest BCUT2D eigenvalue weighted by Crippen LogP contribution is -2.54. The topological polar surface area (TPSA) is 47.6 Å². The van der Waals surface area contributed by atoms with Gasteiger partial charge >= 0.3 is 0 Å². The van der Waals surface area contributed by atoms with Gasteiger partial charge in [0.15, 0.2) is 6.10 Å². The van der Waals surface area contributed by atoms with Crippen LogP contribution in [0.1, 0.15) is 26.7 Å². The average Bonchev–Trinajstić information content (AvgIpc) is 2.37. The van der Waals surface area contributed by atoms with Crippen molar-refractivity contribution in [3.8, 4) is 0 Å². The molecule has 1 amide bonds. The van der Waals surface area contributed by atoms with Crippen LogP contribution < -0.4 is 5.32 Å². The van der Waals surface area contributed by atoms with Crippen LogP contribution in [0.25, 0.3) is 0 Å². The fourth-order valence-electron chi connectivity index (χ4n) is 1.63. The average molecular weight is 250 g/mol. The molecule has 4 nitrogen and oxygen atoms in total. The van der Waals surface area contributed by atoms with Crippen molar-refractivity contribution in [2.24, 2.45) is 0 Å². The van der Waals surface area contributed by atoms with Gasteiger partial charge in [-0.3, -0.25) is 4.79 Å². The number of halogens is 1. The van der Waals surface area contributed by atoms with Crippen LogP contribution in [-0.4, -0.2) is 43.3 Å². The van der Waals surface area contributed by atoms with Crippen molar-refractivity contribution in [2.45, 2.75) is 38.3 Å². The van der Waals surface area contributed by atoms with Crippen LogP contribution in [0.2, 0.25) is 0 Å². The molecule has 1 saturated heterocycles. The zero-order valence-electron chi connectivity index (χ0n) is 9.92. The van der Waals surface area contributed by atoms with Gasteiger partial charge in [-0.1, -0.05) is 13.8 Å². The molecule has 16 heavy (non-hydrogen) atoms. The number of carbonyl (C=O) groups is 1. The van der Waals surface area contributed by atoms with Crippen molar-refractivity contribution < 1.29 is 14.3 Å². The lowest BCUT2D eigenvalue weighted by molar-refractivity contribution is -0.149. The highest BCUT2D eigenvalue weighted by Gasteiger charge is 2.31. The summed E-state index contributed by atoms with van der Waals surface area (Å²) in [7, 11) is 0. The molecule has 1 heterocycles. The van der Waals surface area contributed by atoms with Crippen LogP contribution in [-0.2, 0) is 14.3 Å². The summed E-state index contributed by atoms with van der Waals surface area (Å²) in [5, 5.41) is 2.97. The van der Waals surface area contributed by atoms with E-state index in [1.54, 1.807) is 0 Å². The molecule has 0 aliphatic carbocycles. The maximum Gasteiger partial charge on any atom is 0.252 e. The van der Waals surface area contributed by atoms with Crippen LogP contribution in [0.15, 0.2) is 0 Å². The largest absolute Gasteiger partial charge is 0.376 e. The molecular formula is C11H20ClNO3. The Morgan fingerprint density at radius 2 is 2.12 bits per heavy atom. The molecule has 5 heteroatoms. The lowest BCUT2D eigenvalue weighted by atomic mass is 9.95. The van der Waals surface area contributed by atoms with Gasteiger partial charge in [0.1, 0.15) is 0 Å². The maximum atomic E-state index is 11.9. The number of rotatable bonds is 5. The third kappa shape index (κ3) is 3.34. The minimum atomic E-state index is -0.491. The molecule has 0 radical (unpaired) electrons. The second-order valence-corrected chi connectivity index (χ2v) is 4.31. The summed E-state index contributed by atoms with van der Waals surface area (Å²) in [6.45, 7) is 5.41. The summed E-state index contributed by atoms with van der Waals surface area (Å²) in [5.74, 6) is 0.295. The Labute approximate surface area is 102 Å². The Balaban J connectivity index is 2.53. The van der Waals surface area contributed by atoms with E-state index in [0.29, 0.717) is 25.7 Å². The number of hydrogen-bond donors (Lipinski definition) is 1. The first-order valence-corrected chi connectivity index (χ1v) is 6.28. The van der Waals surface area contributed by atoms with E-state index in [-0.39, 0.29) is 11.4 Å². The summed E-state index contributed by atoms with van der Waals surface area (Å²) >= 11 is 5.92. The van der Waals surface area contributed by atoms with Crippen LogP contribution >= 0.6 is 11.6 Å². The lowest BCUT2D eigenvalue weighted by Gasteiger charge is -2.33. The summed E-state index contributed by atoms with van der Waals surface area (Å²) < 4.78 is 10.5. The van der Waals surface area contributed by atoms with E-state index in [4.69, 9.17) is 21.1 Å². The standard InChI is InChI=1S/C11H20ClNO3/c1-3-11(4-2,8-12)13-10(14)9-7-15-5-6-16-9/h9H,3-8H2,1-2H3,(H,13,14). The van der Waals surface area contributed by atoms with E-state index in [0.717, 1.165) is 12.8 Å². The van der Waals surface area contributed by atoms with Crippen molar-refractivity contribution in [2.75, 3.05) is 25.7 Å². The monoisotopic (exact) mass is 249 g/mol. The second kappa shape index (κ2) is 6.42. The molecule has 1 unspecified atom stereocenters. The Morgan fingerprint density at radius 3 is 2.56 bits per heavy atom. The molecule has 0 aromatic rings. The highest BCUT2D eigenvalue weighted by Crippen LogP contribution is 2.17. The minimum Gasteiger partial charge on any atom is -0.376 e. The van der Waals surface area contributed by atoms with Crippen molar-refractivity contribution in [3.63, 3.8) is 0 Å². The quantitative estimate of drug-likeness (QED) is 0.748. The number of amides is 1. The molecule has 94 valence electrons. The Morgan fingerprint density at radius 1 is 1.44 bits per heavy atom. The predicted molar refractivity (Wildman–Crippen MR) is 62.7 cm³/mol. The second-order valence-electron chi connectivity index (χ2n) is 4.04. The first-order valence-electron chi connectivity index (χ1n) is 5.74. The van der Waals surface area contributed by atoms with Gasteiger partial charge in [0.25, 0.3) is 5.91 Å². The van der Waals surface area contributed by atoms with E-state index in [1.165, 1.54) is 0 Å². The van der Waals surface area contributed by atoms with E-state index >= 15 is 0 Å². The molecule has 1 N–H and O–H groups in total. The summed E-state index contributed by atoms with van der Waals surface area (Å²) in [6, 6.07) is 0. The van der Waals surface area contributed by atoms with Crippen molar-refractivity contribution >= 4 is 17.5 Å². The van der Waals surface area contributed by atoms with Gasteiger partial charge < -0.3 is 14.8 Å². The third-order valence-electron chi connectivity index (χ3n) is 3.11. The van der Waals surface area contributed by atoms with E-state index in [9.17, 15) is 4.79 Å². The molecule has 1 rings (SSSR count). The van der Waals surface area contributed by atoms with Crippen molar-refractivity contribution in [1.82, 2.24) is 5.32 Å². The number of carbonyl (C=O) groups excluding carboxylic acids is 1. The molecule has 1 aliphatic rings. The van der Waals surface area contributed by atoms with Crippen molar-refractivity contribution in [3.05, 3.63) is 0 Å². The van der Waals surface area contributed by atoms with E-state index < -0.39 is 6.10 Å². The Hall–Kier alpha value is -0.320. The van der Waals surface area contributed by atoms with Gasteiger partial charge in [-0.25, -0.2) is 0 Å². The summed E-state index contributed by atoms with van der Waals surface area (Å²) in [6.07, 6.45) is 1.13. The first kappa shape index (κ1) is 13.7. The fraction of sp³-hybridized carbons (Fsp3) is 0.909. The maximum absolute atomic E-state index is 11.9. The highest BCUT2D eigenvalue weighted by atomic mass is 35.5. The van der Waals surface area contributed by atoms with Crippen LogP contribution in [0.3, 0.4) is 0 Å². The number of alkyl halides is 1. The molecule has 0 aromatic carbocycles. The van der Waals surface area contributed by atoms with Crippen LogP contribution in [0, 0.1) is 0 Å². The zero-order valence-corrected chi connectivity index (χ0v) is 10.7. The van der Waals surface area contributed by atoms with Gasteiger partial charge in [0.05, 0.1) is 25.4 Å². The Bertz CT molecular complexity index is 217. The number of ether oxygens (including phenoxy) is 2. The van der Waals surface area contributed by atoms with Gasteiger partial charge in [0, 0.05) is 5.88 Å². The highest BCUT2D eigenvalue weighted by molar-refractivity contribution is 6.18. The summed E-state index contributed by atoms with van der Waals surface area (Å²) in [4.78, 5) is 11.9. The molecule has 0 bridgehead atoms. The number of nitrogens with one attached hydrogen (secondary N) is 1. The molecule has 0 spiro atoms. The van der Waals surface area contributed by atoms with Gasteiger partial charge in [0.2, 0.25) is 0 Å². The van der Waals surface area contributed by atoms with Gasteiger partial charge in [-0.2, -0.15) is 0 Å². The molecule has 1 atom stereocenters. The van der Waals surface area contributed by atoms with Crippen LogP contribution in [0.4, 0.5) is 0 Å². The molecule has 1 fully saturated rings. The smallest absolute Gasteiger partial charge is 0.252 e. The van der Waals surface area contributed by atoms with E-state index in [2.05, 4.69) is 5.32 Å². The molecular weight excluding hydrogens is 230 g/mol. The van der Waals surface area contributed by atoms with Gasteiger partial charge in [-0.15, -0.1) is 11.6 Å². The number of hydrogen-bond acceptors (Lipinski definition) is 3. The first-order chi connectivity index (χ1) is 7.67. The molecule has 0 saturated carbocycles. The molecule has 1 aliphatic heterocycles. The summed E-state index contributed by atoms with van der Waals surface area (Å²) in [5.41, 5.74) is -0.320. The van der Waals surface area contributed by atoms with Gasteiger partial charge in [-0.05, 0) is 12.8 Å². The van der Waals surface area contributed by atoms with E-state index in [1.807, 2.05) is 13.8 Å². The van der Waals surface area contributed by atoms with Crippen molar-refractivity contribution in [1.29, 1.82) is 0 Å².